The number of halogens is 1. The fourth-order valence-corrected chi connectivity index (χ4v) is 2.89. The first-order chi connectivity index (χ1) is 14.4. The van der Waals surface area contributed by atoms with E-state index in [0.29, 0.717) is 10.4 Å². The van der Waals surface area contributed by atoms with Crippen LogP contribution in [-0.2, 0) is 9.53 Å². The molecule has 0 fully saturated rings. The Morgan fingerprint density at radius 1 is 1.00 bits per heavy atom. The van der Waals surface area contributed by atoms with E-state index in [4.69, 9.17) is 21.1 Å². The molecule has 8 nitrogen and oxygen atoms in total. The minimum atomic E-state index is -0.878. The van der Waals surface area contributed by atoms with Crippen molar-refractivity contribution in [1.29, 1.82) is 0 Å². The Bertz CT molecular complexity index is 1130. The fourth-order valence-electron chi connectivity index (χ4n) is 2.72. The summed E-state index contributed by atoms with van der Waals surface area (Å²) >= 11 is 5.87. The van der Waals surface area contributed by atoms with E-state index in [0.717, 1.165) is 5.39 Å². The first kappa shape index (κ1) is 20.9. The normalized spacial score (nSPS) is 10.3. The molecule has 3 aromatic rings. The summed E-state index contributed by atoms with van der Waals surface area (Å²) in [6.07, 6.45) is 0. The van der Waals surface area contributed by atoms with E-state index in [2.05, 4.69) is 10.9 Å². The summed E-state index contributed by atoms with van der Waals surface area (Å²) in [6.45, 7) is -0.669. The number of hydrogen-bond acceptors (Lipinski definition) is 6. The average molecular weight is 429 g/mol. The molecule has 0 aliphatic rings. The Balaban J connectivity index is 1.57. The molecule has 0 unspecified atom stereocenters. The number of hydrazine groups is 1. The fraction of sp³-hybridized carbons (Fsp3) is 0.0952. The lowest BCUT2D eigenvalue weighted by atomic mass is 10.1. The highest BCUT2D eigenvalue weighted by Gasteiger charge is 2.18. The second-order valence-electron chi connectivity index (χ2n) is 6.11. The maximum Gasteiger partial charge on any atom is 0.342 e. The van der Waals surface area contributed by atoms with Crippen molar-refractivity contribution in [2.45, 2.75) is 0 Å². The van der Waals surface area contributed by atoms with Gasteiger partial charge in [0.05, 0.1) is 12.7 Å². The van der Waals surface area contributed by atoms with E-state index in [-0.39, 0.29) is 22.6 Å². The standard InChI is InChI=1S/C21H17ClN2O6/c1-29-17-9-7-13(22)10-16(17)20(27)24-23-18(25)11-30-21(28)15-8-6-12-4-2-3-5-14(12)19(15)26/h2-10,26H,11H2,1H3,(H,23,25)(H,24,27). The van der Waals surface area contributed by atoms with Gasteiger partial charge in [-0.05, 0) is 29.7 Å². The van der Waals surface area contributed by atoms with Gasteiger partial charge in [0.1, 0.15) is 17.1 Å². The van der Waals surface area contributed by atoms with Gasteiger partial charge in [-0.3, -0.25) is 20.4 Å². The number of amides is 2. The molecule has 3 aromatic carbocycles. The van der Waals surface area contributed by atoms with Crippen LogP contribution in [0.25, 0.3) is 10.8 Å². The molecular formula is C21H17ClN2O6. The molecule has 0 bridgehead atoms. The highest BCUT2D eigenvalue weighted by molar-refractivity contribution is 6.31. The highest BCUT2D eigenvalue weighted by atomic mass is 35.5. The molecule has 0 aliphatic carbocycles. The molecule has 0 aromatic heterocycles. The molecule has 0 atom stereocenters. The first-order valence-electron chi connectivity index (χ1n) is 8.71. The number of phenols is 1. The van der Waals surface area contributed by atoms with Gasteiger partial charge in [0.25, 0.3) is 11.8 Å². The Morgan fingerprint density at radius 3 is 2.53 bits per heavy atom. The maximum atomic E-state index is 12.2. The molecule has 0 spiro atoms. The number of carbonyl (C=O) groups is 3. The number of aromatic hydroxyl groups is 1. The van der Waals surface area contributed by atoms with Gasteiger partial charge in [-0.15, -0.1) is 0 Å². The molecule has 0 radical (unpaired) electrons. The lowest BCUT2D eigenvalue weighted by molar-refractivity contribution is -0.125. The zero-order valence-corrected chi connectivity index (χ0v) is 16.5. The van der Waals surface area contributed by atoms with Crippen molar-refractivity contribution in [2.75, 3.05) is 13.7 Å². The lowest BCUT2D eigenvalue weighted by Crippen LogP contribution is -2.43. The number of benzene rings is 3. The predicted molar refractivity (Wildman–Crippen MR) is 110 cm³/mol. The topological polar surface area (TPSA) is 114 Å². The smallest absolute Gasteiger partial charge is 0.342 e. The number of fused-ring (bicyclic) bond motifs is 1. The van der Waals surface area contributed by atoms with Crippen LogP contribution in [0.5, 0.6) is 11.5 Å². The number of methoxy groups -OCH3 is 1. The van der Waals surface area contributed by atoms with E-state index in [1.54, 1.807) is 36.4 Å². The van der Waals surface area contributed by atoms with E-state index in [1.807, 2.05) is 0 Å². The van der Waals surface area contributed by atoms with Gasteiger partial charge in [-0.2, -0.15) is 0 Å². The maximum absolute atomic E-state index is 12.2. The zero-order valence-electron chi connectivity index (χ0n) is 15.8. The molecule has 3 rings (SSSR count). The lowest BCUT2D eigenvalue weighted by Gasteiger charge is -2.11. The molecule has 2 amide bonds. The molecule has 0 aliphatic heterocycles. The van der Waals surface area contributed by atoms with Crippen molar-refractivity contribution in [3.05, 3.63) is 70.7 Å². The van der Waals surface area contributed by atoms with Crippen LogP contribution >= 0.6 is 11.6 Å². The summed E-state index contributed by atoms with van der Waals surface area (Å²) in [5, 5.41) is 11.8. The summed E-state index contributed by atoms with van der Waals surface area (Å²) in [5.74, 6) is -2.29. The van der Waals surface area contributed by atoms with Crippen molar-refractivity contribution >= 4 is 40.2 Å². The third kappa shape index (κ3) is 4.61. The van der Waals surface area contributed by atoms with Crippen molar-refractivity contribution in [2.24, 2.45) is 0 Å². The largest absolute Gasteiger partial charge is 0.506 e. The van der Waals surface area contributed by atoms with E-state index < -0.39 is 24.4 Å². The van der Waals surface area contributed by atoms with E-state index in [1.165, 1.54) is 25.3 Å². The molecular weight excluding hydrogens is 412 g/mol. The van der Waals surface area contributed by atoms with Gasteiger partial charge < -0.3 is 14.6 Å². The summed E-state index contributed by atoms with van der Waals surface area (Å²) in [7, 11) is 1.39. The van der Waals surface area contributed by atoms with Crippen LogP contribution < -0.4 is 15.6 Å². The minimum absolute atomic E-state index is 0.0748. The Labute approximate surface area is 176 Å². The molecule has 0 heterocycles. The Kier molecular flexibility index (Phi) is 6.38. The van der Waals surface area contributed by atoms with Crippen molar-refractivity contribution < 1.29 is 29.0 Å². The monoisotopic (exact) mass is 428 g/mol. The third-order valence-electron chi connectivity index (χ3n) is 4.18. The summed E-state index contributed by atoms with van der Waals surface area (Å²) in [5.41, 5.74) is 4.35. The number of esters is 1. The number of carbonyl (C=O) groups excluding carboxylic acids is 3. The van der Waals surface area contributed by atoms with Gasteiger partial charge in [0.15, 0.2) is 6.61 Å². The van der Waals surface area contributed by atoms with Crippen LogP contribution in [0, 0.1) is 0 Å². The van der Waals surface area contributed by atoms with E-state index >= 15 is 0 Å². The SMILES string of the molecule is COc1ccc(Cl)cc1C(=O)NNC(=O)COC(=O)c1ccc2ccccc2c1O. The molecule has 9 heteroatoms. The average Bonchev–Trinajstić information content (AvgIpc) is 2.76. The van der Waals surface area contributed by atoms with Crippen molar-refractivity contribution in [1.82, 2.24) is 10.9 Å². The second-order valence-corrected chi connectivity index (χ2v) is 6.54. The van der Waals surface area contributed by atoms with Gasteiger partial charge >= 0.3 is 5.97 Å². The van der Waals surface area contributed by atoms with Crippen LogP contribution in [0.2, 0.25) is 5.02 Å². The van der Waals surface area contributed by atoms with Crippen LogP contribution in [0.15, 0.2) is 54.6 Å². The number of nitrogens with one attached hydrogen (secondary N) is 2. The quantitative estimate of drug-likeness (QED) is 0.425. The third-order valence-corrected chi connectivity index (χ3v) is 4.41. The van der Waals surface area contributed by atoms with Gasteiger partial charge in [0, 0.05) is 10.4 Å². The molecule has 3 N–H and O–H groups in total. The number of hydrogen-bond donors (Lipinski definition) is 3. The van der Waals surface area contributed by atoms with Gasteiger partial charge in [-0.1, -0.05) is 41.9 Å². The van der Waals surface area contributed by atoms with Gasteiger partial charge in [-0.25, -0.2) is 4.79 Å². The Morgan fingerprint density at radius 2 is 1.77 bits per heavy atom. The first-order valence-corrected chi connectivity index (χ1v) is 9.09. The number of phenolic OH excluding ortho intramolecular Hbond substituents is 1. The second kappa shape index (κ2) is 9.15. The summed E-state index contributed by atoms with van der Waals surface area (Å²) in [6, 6.07) is 14.5. The van der Waals surface area contributed by atoms with Crippen LogP contribution in [0.4, 0.5) is 0 Å². The molecule has 0 saturated heterocycles. The van der Waals surface area contributed by atoms with E-state index in [9.17, 15) is 19.5 Å². The highest BCUT2D eigenvalue weighted by Crippen LogP contribution is 2.29. The molecule has 0 saturated carbocycles. The van der Waals surface area contributed by atoms with Crippen LogP contribution in [-0.4, -0.2) is 36.6 Å². The van der Waals surface area contributed by atoms with Crippen LogP contribution in [0.3, 0.4) is 0 Å². The van der Waals surface area contributed by atoms with Crippen molar-refractivity contribution in [3.8, 4) is 11.5 Å². The van der Waals surface area contributed by atoms with Gasteiger partial charge in [0.2, 0.25) is 0 Å². The van der Waals surface area contributed by atoms with Crippen LogP contribution in [0.1, 0.15) is 20.7 Å². The zero-order chi connectivity index (χ0) is 21.7. The summed E-state index contributed by atoms with van der Waals surface area (Å²) < 4.78 is 9.99. The predicted octanol–water partition coefficient (Wildman–Crippen LogP) is 2.83. The Hall–Kier alpha value is -3.78. The molecule has 30 heavy (non-hydrogen) atoms. The molecule has 154 valence electrons. The number of ether oxygens (including phenoxy) is 2. The minimum Gasteiger partial charge on any atom is -0.506 e. The van der Waals surface area contributed by atoms with Crippen molar-refractivity contribution in [3.63, 3.8) is 0 Å². The summed E-state index contributed by atoms with van der Waals surface area (Å²) in [4.78, 5) is 36.3. The number of rotatable bonds is 5.